The average molecular weight is 308 g/mol. The Balaban J connectivity index is 3.24. The Hall–Kier alpha value is -1.87. The topological polar surface area (TPSA) is 26.3 Å². The van der Waals surface area contributed by atoms with E-state index in [0.29, 0.717) is 12.1 Å². The normalized spacial score (nSPS) is 13.2. The van der Waals surface area contributed by atoms with Gasteiger partial charge in [0.25, 0.3) is 0 Å². The van der Waals surface area contributed by atoms with Gasteiger partial charge in [0.2, 0.25) is 5.78 Å². The van der Waals surface area contributed by atoms with Crippen molar-refractivity contribution in [2.45, 2.75) is 18.5 Å². The van der Waals surface area contributed by atoms with Gasteiger partial charge in [-0.05, 0) is 12.1 Å². The Morgan fingerprint density at radius 1 is 0.900 bits per heavy atom. The summed E-state index contributed by atoms with van der Waals surface area (Å²) in [6, 6.07) is 2.53. The fourth-order valence-electron chi connectivity index (χ4n) is 1.17. The van der Waals surface area contributed by atoms with Gasteiger partial charge < -0.3 is 4.74 Å². The first-order valence-corrected chi connectivity index (χ1v) is 4.70. The fourth-order valence-corrected chi connectivity index (χ4v) is 1.17. The highest BCUT2D eigenvalue weighted by molar-refractivity contribution is 6.04. The highest BCUT2D eigenvalue weighted by atomic mass is 19.4. The Kier molecular flexibility index (Phi) is 3.97. The number of benzene rings is 1. The molecule has 0 aliphatic carbocycles. The van der Waals surface area contributed by atoms with Crippen LogP contribution in [-0.4, -0.2) is 24.2 Å². The van der Waals surface area contributed by atoms with Crippen LogP contribution in [0.15, 0.2) is 24.3 Å². The summed E-state index contributed by atoms with van der Waals surface area (Å²) in [4.78, 5) is 11.1. The first kappa shape index (κ1) is 16.2. The maximum atomic E-state index is 12.8. The number of rotatable bonds is 3. The lowest BCUT2D eigenvalue weighted by Gasteiger charge is -2.19. The number of carbonyl (C=O) groups is 1. The first-order chi connectivity index (χ1) is 8.86. The third kappa shape index (κ3) is 3.36. The van der Waals surface area contributed by atoms with Crippen molar-refractivity contribution >= 4 is 5.78 Å². The molecule has 1 aromatic carbocycles. The molecule has 0 aliphatic rings. The first-order valence-electron chi connectivity index (χ1n) is 4.70. The second kappa shape index (κ2) is 4.91. The van der Waals surface area contributed by atoms with E-state index in [1.165, 1.54) is 0 Å². The van der Waals surface area contributed by atoms with Gasteiger partial charge >= 0.3 is 18.5 Å². The summed E-state index contributed by atoms with van der Waals surface area (Å²) in [6.07, 6.45) is -11.6. The second-order valence-electron chi connectivity index (χ2n) is 3.45. The molecule has 0 heterocycles. The Morgan fingerprint density at radius 2 is 1.40 bits per heavy atom. The third-order valence-electron chi connectivity index (χ3n) is 2.00. The molecule has 0 radical (unpaired) electrons. The van der Waals surface area contributed by atoms with Crippen LogP contribution in [0.2, 0.25) is 0 Å². The van der Waals surface area contributed by atoms with Crippen LogP contribution in [-0.2, 0) is 0 Å². The maximum Gasteiger partial charge on any atom is 0.573 e. The van der Waals surface area contributed by atoms with Crippen LogP contribution in [0, 0.1) is 0 Å². The zero-order valence-electron chi connectivity index (χ0n) is 9.15. The average Bonchev–Trinajstić information content (AvgIpc) is 2.25. The third-order valence-corrected chi connectivity index (χ3v) is 2.00. The summed E-state index contributed by atoms with van der Waals surface area (Å²) in [5.74, 6) is -10.1. The summed E-state index contributed by atoms with van der Waals surface area (Å²) in [6.45, 7) is 0. The van der Waals surface area contributed by atoms with Gasteiger partial charge in [-0.25, -0.2) is 0 Å². The Morgan fingerprint density at radius 3 is 1.85 bits per heavy atom. The minimum Gasteiger partial charge on any atom is -0.405 e. The molecule has 0 saturated heterocycles. The highest BCUT2D eigenvalue weighted by Gasteiger charge is 2.63. The second-order valence-corrected chi connectivity index (χ2v) is 3.45. The van der Waals surface area contributed by atoms with E-state index in [-0.39, 0.29) is 0 Å². The predicted octanol–water partition coefficient (Wildman–Crippen LogP) is 3.97. The van der Waals surface area contributed by atoms with Crippen LogP contribution < -0.4 is 4.74 Å². The monoisotopic (exact) mass is 308 g/mol. The molecule has 1 rings (SSSR count). The molecule has 0 saturated carbocycles. The standard InChI is InChI=1S/C10H4F8O2/c11-8(12,9(13,14)15)7(19)5-3-1-2-4-6(5)20-10(16,17)18/h1-4H. The van der Waals surface area contributed by atoms with Gasteiger partial charge in [0.05, 0.1) is 5.56 Å². The molecule has 2 nitrogen and oxygen atoms in total. The molecule has 112 valence electrons. The Labute approximate surface area is 105 Å². The van der Waals surface area contributed by atoms with Gasteiger partial charge in [-0.15, -0.1) is 13.2 Å². The summed E-state index contributed by atoms with van der Waals surface area (Å²) in [5.41, 5.74) is -1.52. The molecule has 20 heavy (non-hydrogen) atoms. The van der Waals surface area contributed by atoms with E-state index >= 15 is 0 Å². The van der Waals surface area contributed by atoms with E-state index in [1.807, 2.05) is 0 Å². The molecule has 0 unspecified atom stereocenters. The van der Waals surface area contributed by atoms with E-state index in [9.17, 15) is 39.9 Å². The van der Waals surface area contributed by atoms with Crippen molar-refractivity contribution in [1.82, 2.24) is 0 Å². The summed E-state index contributed by atoms with van der Waals surface area (Å²) >= 11 is 0. The van der Waals surface area contributed by atoms with Crippen molar-refractivity contribution < 1.29 is 44.7 Å². The van der Waals surface area contributed by atoms with Gasteiger partial charge in [-0.3, -0.25) is 4.79 Å². The van der Waals surface area contributed by atoms with Crippen molar-refractivity contribution in [3.8, 4) is 5.75 Å². The zero-order valence-corrected chi connectivity index (χ0v) is 9.15. The van der Waals surface area contributed by atoms with E-state index < -0.39 is 35.6 Å². The van der Waals surface area contributed by atoms with Crippen molar-refractivity contribution in [3.63, 3.8) is 0 Å². The largest absolute Gasteiger partial charge is 0.573 e. The van der Waals surface area contributed by atoms with E-state index in [2.05, 4.69) is 4.74 Å². The number of hydrogen-bond acceptors (Lipinski definition) is 2. The van der Waals surface area contributed by atoms with Crippen LogP contribution in [0.3, 0.4) is 0 Å². The molecule has 0 aromatic heterocycles. The molecule has 10 heteroatoms. The SMILES string of the molecule is O=C(c1ccccc1OC(F)(F)F)C(F)(F)C(F)(F)F. The van der Waals surface area contributed by atoms with E-state index in [0.717, 1.165) is 12.1 Å². The number of ether oxygens (including phenoxy) is 1. The molecule has 0 spiro atoms. The van der Waals surface area contributed by atoms with Crippen LogP contribution in [0.25, 0.3) is 0 Å². The molecule has 0 N–H and O–H groups in total. The fraction of sp³-hybridized carbons (Fsp3) is 0.300. The number of Topliss-reactive ketones (excluding diaryl/α,β-unsaturated/α-hetero) is 1. The minimum atomic E-state index is -6.23. The quantitative estimate of drug-likeness (QED) is 0.624. The summed E-state index contributed by atoms with van der Waals surface area (Å²) in [7, 11) is 0. The van der Waals surface area contributed by atoms with Crippen LogP contribution in [0.4, 0.5) is 35.1 Å². The highest BCUT2D eigenvalue weighted by Crippen LogP contribution is 2.40. The lowest BCUT2D eigenvalue weighted by Crippen LogP contribution is -2.44. The van der Waals surface area contributed by atoms with Gasteiger partial charge in [0, 0.05) is 0 Å². The van der Waals surface area contributed by atoms with Crippen LogP contribution in [0.5, 0.6) is 5.75 Å². The van der Waals surface area contributed by atoms with Gasteiger partial charge in [0.1, 0.15) is 5.75 Å². The molecule has 0 atom stereocenters. The molecular weight excluding hydrogens is 304 g/mol. The molecule has 1 aromatic rings. The number of hydrogen-bond donors (Lipinski definition) is 0. The van der Waals surface area contributed by atoms with Crippen LogP contribution in [0.1, 0.15) is 10.4 Å². The Bertz CT molecular complexity index is 503. The van der Waals surface area contributed by atoms with Gasteiger partial charge in [0.15, 0.2) is 0 Å². The van der Waals surface area contributed by atoms with Crippen molar-refractivity contribution in [2.24, 2.45) is 0 Å². The lowest BCUT2D eigenvalue weighted by atomic mass is 10.0. The summed E-state index contributed by atoms with van der Waals surface area (Å²) in [5, 5.41) is 0. The van der Waals surface area contributed by atoms with Gasteiger partial charge in [-0.1, -0.05) is 12.1 Å². The molecule has 0 aliphatic heterocycles. The number of para-hydroxylation sites is 1. The number of carbonyl (C=O) groups excluding carboxylic acids is 1. The zero-order chi connectivity index (χ0) is 15.8. The molecular formula is C10H4F8O2. The minimum absolute atomic E-state index is 0.378. The van der Waals surface area contributed by atoms with E-state index in [1.54, 1.807) is 0 Å². The summed E-state index contributed by atoms with van der Waals surface area (Å²) < 4.78 is 101. The number of halogens is 8. The van der Waals surface area contributed by atoms with Gasteiger partial charge in [-0.2, -0.15) is 22.0 Å². The molecule has 0 fully saturated rings. The predicted molar refractivity (Wildman–Crippen MR) is 48.5 cm³/mol. The van der Waals surface area contributed by atoms with Crippen molar-refractivity contribution in [1.29, 1.82) is 0 Å². The van der Waals surface area contributed by atoms with Crippen molar-refractivity contribution in [3.05, 3.63) is 29.8 Å². The van der Waals surface area contributed by atoms with Crippen LogP contribution >= 0.6 is 0 Å². The number of ketones is 1. The molecule has 0 bridgehead atoms. The number of alkyl halides is 8. The maximum absolute atomic E-state index is 12.8. The smallest absolute Gasteiger partial charge is 0.405 e. The molecule has 0 amide bonds. The lowest BCUT2D eigenvalue weighted by molar-refractivity contribution is -0.275. The van der Waals surface area contributed by atoms with E-state index in [4.69, 9.17) is 0 Å². The van der Waals surface area contributed by atoms with Crippen molar-refractivity contribution in [2.75, 3.05) is 0 Å².